The molecule has 0 radical (unpaired) electrons. The fourth-order valence-corrected chi connectivity index (χ4v) is 15.1. The van der Waals surface area contributed by atoms with Gasteiger partial charge in [-0.1, -0.05) is 226 Å². The zero-order valence-corrected chi connectivity index (χ0v) is 67.1. The van der Waals surface area contributed by atoms with Crippen LogP contribution in [0.4, 0.5) is 17.1 Å². The van der Waals surface area contributed by atoms with Crippen LogP contribution < -0.4 is 22.2 Å². The van der Waals surface area contributed by atoms with Crippen molar-refractivity contribution in [2.45, 2.75) is 38.9 Å². The average molecular weight is 1690 g/mol. The number of nitrogen functional groups attached to an aromatic ring is 2. The summed E-state index contributed by atoms with van der Waals surface area (Å²) in [5, 5.41) is 67.1. The van der Waals surface area contributed by atoms with Gasteiger partial charge in [0.15, 0.2) is 0 Å². The molecular weight excluding hydrogens is 1610 g/mol. The number of halogens is 3. The van der Waals surface area contributed by atoms with E-state index in [4.69, 9.17) is 35.9 Å². The van der Waals surface area contributed by atoms with E-state index in [1.54, 1.807) is 78.9 Å². The molecule has 0 unspecified atom stereocenters. The number of carbonyl (C=O) groups excluding carboxylic acids is 1. The third kappa shape index (κ3) is 16.2. The van der Waals surface area contributed by atoms with Crippen molar-refractivity contribution in [1.82, 2.24) is 9.97 Å². The summed E-state index contributed by atoms with van der Waals surface area (Å²) in [6, 6.07) is 103. The summed E-state index contributed by atoms with van der Waals surface area (Å²) in [7, 11) is -0.396. The van der Waals surface area contributed by atoms with Gasteiger partial charge < -0.3 is 51.6 Å². The minimum atomic E-state index is -0.396. The highest BCUT2D eigenvalue weighted by Gasteiger charge is 2.51. The normalized spacial score (nSPS) is 12.7. The van der Waals surface area contributed by atoms with Crippen LogP contribution in [0.2, 0.25) is 0 Å². The van der Waals surface area contributed by atoms with E-state index in [1.165, 1.54) is 10.8 Å². The molecule has 2 aromatic heterocycles. The molecule has 13 nitrogen and oxygen atoms in total. The van der Waals surface area contributed by atoms with E-state index < -0.39 is 7.12 Å². The Bertz CT molecular complexity index is 6680. The molecule has 0 spiro atoms. The highest BCUT2D eigenvalue weighted by Crippen LogP contribution is 2.43. The highest BCUT2D eigenvalue weighted by atomic mass is 79.9. The number of pyridine rings is 2. The van der Waals surface area contributed by atoms with Crippen LogP contribution in [0.15, 0.2) is 335 Å². The van der Waals surface area contributed by atoms with Gasteiger partial charge in [0.1, 0.15) is 28.7 Å². The van der Waals surface area contributed by atoms with Crippen molar-refractivity contribution in [2.24, 2.45) is 0 Å². The van der Waals surface area contributed by atoms with E-state index in [2.05, 4.69) is 196 Å². The molecule has 1 amide bonds. The van der Waals surface area contributed by atoms with Gasteiger partial charge in [0.05, 0.1) is 33.6 Å². The zero-order chi connectivity index (χ0) is 79.5. The van der Waals surface area contributed by atoms with Gasteiger partial charge in [-0.3, -0.25) is 4.79 Å². The SMILES string of the molecule is CC1(C)OB(c2ccc(-c3nc4ccc(O)cc4c4c3ccc3ccccc34)cc2)OC1(C)C.Nc1ccc(O)cc1-c1cccc2ccccc12.Nc1ccc(O)cc1Br.O=C(Nc1ccc(O)cc1-c1cccc2ccccc12)c1ccc(Br)cc1.Oc1ccc2nc(-c3ccc(Br)cc3)c3ccc4ccccc4c3c2c1. The molecule has 18 aromatic rings. The molecule has 19 rings (SSSR count). The summed E-state index contributed by atoms with van der Waals surface area (Å²) in [4.78, 5) is 22.6. The van der Waals surface area contributed by atoms with Gasteiger partial charge in [-0.2, -0.15) is 0 Å². The molecule has 0 bridgehead atoms. The minimum Gasteiger partial charge on any atom is -0.508 e. The first-order valence-corrected chi connectivity index (χ1v) is 39.2. The van der Waals surface area contributed by atoms with Crippen LogP contribution in [0, 0.1) is 0 Å². The maximum atomic E-state index is 12.7. The Balaban J connectivity index is 0.000000117. The van der Waals surface area contributed by atoms with Crippen LogP contribution in [-0.4, -0.2) is 59.7 Å². The van der Waals surface area contributed by atoms with Crippen LogP contribution in [-0.2, 0) is 9.31 Å². The van der Waals surface area contributed by atoms with E-state index in [-0.39, 0.29) is 45.9 Å². The van der Waals surface area contributed by atoms with Crippen molar-refractivity contribution in [3.63, 3.8) is 0 Å². The zero-order valence-electron chi connectivity index (χ0n) is 62.3. The van der Waals surface area contributed by atoms with Crippen molar-refractivity contribution in [3.05, 3.63) is 340 Å². The maximum absolute atomic E-state index is 12.7. The molecule has 17 heteroatoms. The van der Waals surface area contributed by atoms with Crippen LogP contribution in [0.3, 0.4) is 0 Å². The number of benzene rings is 16. The Labute approximate surface area is 683 Å². The number of rotatable bonds is 7. The van der Waals surface area contributed by atoms with Crippen LogP contribution in [0.1, 0.15) is 38.1 Å². The number of hydrogen-bond donors (Lipinski definition) is 8. The summed E-state index contributed by atoms with van der Waals surface area (Å²) in [6.07, 6.45) is 0. The first kappa shape index (κ1) is 76.7. The second-order valence-electron chi connectivity index (χ2n) is 28.7. The lowest BCUT2D eigenvalue weighted by Crippen LogP contribution is -2.41. The Morgan fingerprint density at radius 2 is 0.746 bits per heavy atom. The number of amides is 1. The van der Waals surface area contributed by atoms with Gasteiger partial charge >= 0.3 is 7.12 Å². The number of aromatic nitrogens is 2. The van der Waals surface area contributed by atoms with E-state index in [0.29, 0.717) is 22.6 Å². The predicted molar refractivity (Wildman–Crippen MR) is 480 cm³/mol. The number of nitrogens with two attached hydrogens (primary N) is 2. The van der Waals surface area contributed by atoms with Crippen molar-refractivity contribution >= 4 is 170 Å². The van der Waals surface area contributed by atoms with E-state index >= 15 is 0 Å². The van der Waals surface area contributed by atoms with Gasteiger partial charge in [0, 0.05) is 90.6 Å². The second-order valence-corrected chi connectivity index (χ2v) is 31.4. The molecule has 0 aliphatic carbocycles. The number of nitrogens with one attached hydrogen (secondary N) is 1. The molecule has 114 heavy (non-hydrogen) atoms. The quantitative estimate of drug-likeness (QED) is 0.0323. The smallest absolute Gasteiger partial charge is 0.494 e. The maximum Gasteiger partial charge on any atom is 0.494 e. The topological polar surface area (TPSA) is 227 Å². The van der Waals surface area contributed by atoms with Crippen molar-refractivity contribution in [1.29, 1.82) is 0 Å². The fraction of sp³-hybridized carbons (Fsp3) is 0.0619. The summed E-state index contributed by atoms with van der Waals surface area (Å²) in [5.74, 6) is 0.894. The lowest BCUT2D eigenvalue weighted by molar-refractivity contribution is 0.00578. The van der Waals surface area contributed by atoms with Crippen molar-refractivity contribution in [2.75, 3.05) is 16.8 Å². The van der Waals surface area contributed by atoms with Crippen molar-refractivity contribution in [3.8, 4) is 73.5 Å². The Morgan fingerprint density at radius 3 is 1.23 bits per heavy atom. The second kappa shape index (κ2) is 32.6. The largest absolute Gasteiger partial charge is 0.508 e. The monoisotopic (exact) mass is 1690 g/mol. The van der Waals surface area contributed by atoms with E-state index in [1.807, 2.05) is 127 Å². The number of aromatic hydroxyl groups is 5. The molecule has 1 fully saturated rings. The summed E-state index contributed by atoms with van der Waals surface area (Å²) in [5.41, 5.74) is 23.5. The number of phenolic OH excluding ortho intramolecular Hbond substituents is 5. The molecule has 0 saturated carbocycles. The molecule has 3 heterocycles. The van der Waals surface area contributed by atoms with Gasteiger partial charge in [-0.05, 0) is 231 Å². The molecule has 1 saturated heterocycles. The van der Waals surface area contributed by atoms with Gasteiger partial charge in [-0.25, -0.2) is 9.97 Å². The Hall–Kier alpha value is -12.6. The molecule has 0 atom stereocenters. The number of phenols is 5. The number of anilines is 3. The summed E-state index contributed by atoms with van der Waals surface area (Å²) < 4.78 is 15.1. The molecule has 560 valence electrons. The summed E-state index contributed by atoms with van der Waals surface area (Å²) in [6.45, 7) is 8.26. The molecule has 16 aromatic carbocycles. The van der Waals surface area contributed by atoms with Gasteiger partial charge in [0.2, 0.25) is 0 Å². The van der Waals surface area contributed by atoms with Crippen LogP contribution in [0.5, 0.6) is 28.7 Å². The number of carbonyl (C=O) groups is 1. The average Bonchev–Trinajstić information content (AvgIpc) is 0.870. The predicted octanol–water partition coefficient (Wildman–Crippen LogP) is 24.6. The minimum absolute atomic E-state index is 0.152. The third-order valence-corrected chi connectivity index (χ3v) is 22.4. The Kier molecular flexibility index (Phi) is 22.0. The Morgan fingerprint density at radius 1 is 0.360 bits per heavy atom. The molecule has 1 aliphatic rings. The van der Waals surface area contributed by atoms with Crippen LogP contribution >= 0.6 is 47.8 Å². The lowest BCUT2D eigenvalue weighted by Gasteiger charge is -2.32. The van der Waals surface area contributed by atoms with Crippen LogP contribution in [0.25, 0.3) is 131 Å². The highest BCUT2D eigenvalue weighted by molar-refractivity contribution is 9.11. The number of nitrogens with zero attached hydrogens (tertiary/aromatic N) is 2. The first-order chi connectivity index (χ1) is 55.0. The molecule has 10 N–H and O–H groups in total. The first-order valence-electron chi connectivity index (χ1n) is 36.8. The van der Waals surface area contributed by atoms with E-state index in [9.17, 15) is 25.2 Å². The van der Waals surface area contributed by atoms with Gasteiger partial charge in [-0.15, -0.1) is 0 Å². The molecular formula is C97H75BBr3N5O8. The third-order valence-electron chi connectivity index (χ3n) is 20.7. The fourth-order valence-electron chi connectivity index (χ4n) is 14.2. The number of fused-ring (bicyclic) bond motifs is 12. The summed E-state index contributed by atoms with van der Waals surface area (Å²) >= 11 is 10.0. The van der Waals surface area contributed by atoms with Gasteiger partial charge in [0.25, 0.3) is 5.91 Å². The molecule has 1 aliphatic heterocycles. The van der Waals surface area contributed by atoms with Crippen molar-refractivity contribution < 1.29 is 39.6 Å². The lowest BCUT2D eigenvalue weighted by atomic mass is 9.78. The number of hydrogen-bond acceptors (Lipinski definition) is 12. The van der Waals surface area contributed by atoms with E-state index in [0.717, 1.165) is 139 Å². The standard InChI is InChI=1S/C29H26BNO3.C23H16BrNO2.C23H14BrNO.C16H13NO.C6H6BrNO/c1-28(2)29(3,4)34-30(33-28)20-12-9-19(10-13-20)27-23-15-11-18-7-5-6-8-22(18)26(23)24-17-21(32)14-16-25(24)31-27;24-17-10-8-16(9-11-17)23(27)25-22-13-12-18(26)14-21(22)20-7-3-5-15-4-1-2-6-19(15)20;24-16-8-5-15(6-9-16)23-19-11-7-14-3-1-2-4-18(14)22(19)20-13-17(26)10-12-21(20)25-23;17-16-9-8-12(18)10-15(16)14-7-3-5-11-4-1-2-6-13(11)14;7-5-3-4(9)1-2-6(5)8/h5-17,32H,1-4H3;1-14,26H,(H,25,27);1-13,26H;1-10,18H,17H2;1-3,9H,8H2.